The predicted molar refractivity (Wildman–Crippen MR) is 159 cm³/mol. The quantitative estimate of drug-likeness (QED) is 0.122. The second-order valence-corrected chi connectivity index (χ2v) is 10.5. The van der Waals surface area contributed by atoms with E-state index in [1.807, 2.05) is 0 Å². The van der Waals surface area contributed by atoms with E-state index < -0.39 is 0 Å². The summed E-state index contributed by atoms with van der Waals surface area (Å²) in [6.07, 6.45) is 18.4. The van der Waals surface area contributed by atoms with Gasteiger partial charge in [0.2, 0.25) is 0 Å². The molecule has 0 amide bonds. The smallest absolute Gasteiger partial charge is 0.0718 e. The Labute approximate surface area is 219 Å². The molecule has 0 spiro atoms. The molecule has 0 atom stereocenters. The lowest BCUT2D eigenvalue weighted by Crippen LogP contribution is -2.02. The van der Waals surface area contributed by atoms with E-state index in [2.05, 4.69) is 80.6 Å². The summed E-state index contributed by atoms with van der Waals surface area (Å²) in [6.45, 7) is 4.60. The number of aryl methyl sites for hydroxylation is 1. The first-order valence-electron chi connectivity index (χ1n) is 14.7. The third-order valence-electron chi connectivity index (χ3n) is 7.67. The number of unbranched alkanes of at least 4 members (excludes halogenated alkanes) is 10. The molecular formula is C35H45N. The van der Waals surface area contributed by atoms with Crippen molar-refractivity contribution in [3.63, 3.8) is 0 Å². The van der Waals surface area contributed by atoms with E-state index >= 15 is 0 Å². The van der Waals surface area contributed by atoms with Crippen LogP contribution < -0.4 is 0 Å². The van der Waals surface area contributed by atoms with Gasteiger partial charge in [-0.1, -0.05) is 127 Å². The van der Waals surface area contributed by atoms with Crippen molar-refractivity contribution in [2.75, 3.05) is 0 Å². The van der Waals surface area contributed by atoms with Crippen LogP contribution in [0.2, 0.25) is 0 Å². The Morgan fingerprint density at radius 1 is 0.556 bits per heavy atom. The monoisotopic (exact) mass is 479 g/mol. The largest absolute Gasteiger partial charge is 0.248 e. The molecule has 0 fully saturated rings. The van der Waals surface area contributed by atoms with Crippen molar-refractivity contribution >= 4 is 21.8 Å². The van der Waals surface area contributed by atoms with E-state index in [0.29, 0.717) is 0 Å². The average molecular weight is 480 g/mol. The lowest BCUT2D eigenvalue weighted by molar-refractivity contribution is 0.599. The van der Waals surface area contributed by atoms with Gasteiger partial charge < -0.3 is 0 Å². The Morgan fingerprint density at radius 3 is 1.89 bits per heavy atom. The molecule has 0 saturated heterocycles. The molecule has 3 aromatic carbocycles. The zero-order valence-electron chi connectivity index (χ0n) is 22.7. The van der Waals surface area contributed by atoms with Gasteiger partial charge in [0.15, 0.2) is 0 Å². The molecule has 1 heterocycles. The minimum absolute atomic E-state index is 1.10. The van der Waals surface area contributed by atoms with Gasteiger partial charge in [-0.05, 0) is 66.1 Å². The van der Waals surface area contributed by atoms with Gasteiger partial charge in [-0.2, -0.15) is 0 Å². The number of benzene rings is 3. The highest BCUT2D eigenvalue weighted by molar-refractivity contribution is 6.03. The van der Waals surface area contributed by atoms with E-state index in [1.54, 1.807) is 5.56 Å². The van der Waals surface area contributed by atoms with Crippen molar-refractivity contribution in [1.82, 2.24) is 4.98 Å². The highest BCUT2D eigenvalue weighted by atomic mass is 14.7. The van der Waals surface area contributed by atoms with Crippen molar-refractivity contribution in [2.45, 2.75) is 104 Å². The summed E-state index contributed by atoms with van der Waals surface area (Å²) in [5.74, 6) is 0. The number of hydrogen-bond acceptors (Lipinski definition) is 1. The second-order valence-electron chi connectivity index (χ2n) is 10.5. The topological polar surface area (TPSA) is 12.9 Å². The molecule has 1 aromatic heterocycles. The van der Waals surface area contributed by atoms with Crippen LogP contribution in [0.15, 0.2) is 66.7 Å². The highest BCUT2D eigenvalue weighted by Gasteiger charge is 2.16. The molecule has 0 bridgehead atoms. The Balaban J connectivity index is 1.72. The summed E-state index contributed by atoms with van der Waals surface area (Å²) in [4.78, 5) is 5.16. The normalized spacial score (nSPS) is 11.5. The first kappa shape index (κ1) is 26.4. The molecule has 0 aliphatic carbocycles. The molecule has 0 saturated carbocycles. The highest BCUT2D eigenvalue weighted by Crippen LogP contribution is 2.37. The van der Waals surface area contributed by atoms with Crippen molar-refractivity contribution < 1.29 is 0 Å². The number of aromatic nitrogens is 1. The maximum Gasteiger partial charge on any atom is 0.0718 e. The van der Waals surface area contributed by atoms with Gasteiger partial charge in [0, 0.05) is 10.8 Å². The van der Waals surface area contributed by atoms with Crippen LogP contribution in [0.5, 0.6) is 0 Å². The second kappa shape index (κ2) is 14.2. The van der Waals surface area contributed by atoms with Crippen molar-refractivity contribution in [2.24, 2.45) is 0 Å². The maximum atomic E-state index is 5.16. The molecule has 0 aliphatic rings. The van der Waals surface area contributed by atoms with Crippen molar-refractivity contribution in [3.05, 3.63) is 77.9 Å². The average Bonchev–Trinajstić information content (AvgIpc) is 2.91. The summed E-state index contributed by atoms with van der Waals surface area (Å²) in [5.41, 5.74) is 8.13. The Hall–Kier alpha value is -2.67. The van der Waals surface area contributed by atoms with Crippen LogP contribution in [-0.2, 0) is 12.8 Å². The molecule has 4 aromatic rings. The van der Waals surface area contributed by atoms with Crippen LogP contribution in [0.1, 0.15) is 102 Å². The fourth-order valence-electron chi connectivity index (χ4n) is 5.64. The van der Waals surface area contributed by atoms with Crippen molar-refractivity contribution in [3.8, 4) is 11.1 Å². The van der Waals surface area contributed by atoms with E-state index in [-0.39, 0.29) is 0 Å². The van der Waals surface area contributed by atoms with E-state index in [4.69, 9.17) is 4.98 Å². The lowest BCUT2D eigenvalue weighted by Gasteiger charge is -2.19. The van der Waals surface area contributed by atoms with Crippen LogP contribution in [0.25, 0.3) is 32.9 Å². The van der Waals surface area contributed by atoms with Gasteiger partial charge in [0.25, 0.3) is 0 Å². The van der Waals surface area contributed by atoms with Gasteiger partial charge in [-0.3, -0.25) is 0 Å². The van der Waals surface area contributed by atoms with Crippen molar-refractivity contribution in [1.29, 1.82) is 0 Å². The van der Waals surface area contributed by atoms with Crippen LogP contribution in [0, 0.1) is 0 Å². The fourth-order valence-corrected chi connectivity index (χ4v) is 5.64. The molecule has 0 radical (unpaired) electrons. The zero-order valence-corrected chi connectivity index (χ0v) is 22.7. The Bertz CT molecular complexity index is 1210. The minimum atomic E-state index is 1.10. The van der Waals surface area contributed by atoms with Gasteiger partial charge in [0.05, 0.1) is 11.0 Å². The van der Waals surface area contributed by atoms with Crippen LogP contribution >= 0.6 is 0 Å². The maximum absolute atomic E-state index is 5.16. The molecule has 1 heteroatoms. The number of nitrogens with zero attached hydrogens (tertiary/aromatic N) is 1. The molecule has 0 N–H and O–H groups in total. The number of pyridine rings is 1. The predicted octanol–water partition coefficient (Wildman–Crippen LogP) is 10.9. The molecule has 0 aliphatic heterocycles. The van der Waals surface area contributed by atoms with Crippen LogP contribution in [0.4, 0.5) is 0 Å². The molecule has 36 heavy (non-hydrogen) atoms. The fraction of sp³-hybridized carbons (Fsp3) is 0.457. The standard InChI is InChI=1S/C35H45N/c1-3-5-7-9-11-14-22-29-27-34-32(26-30-23-18-19-25-33(30)36-34)35(28-20-15-13-16-21-28)31(29)24-17-12-10-8-6-4-2/h13,15-16,18-21,23,25-27H,3-12,14,17,22,24H2,1-2H3. The number of hydrogen-bond donors (Lipinski definition) is 0. The summed E-state index contributed by atoms with van der Waals surface area (Å²) in [7, 11) is 0. The lowest BCUT2D eigenvalue weighted by atomic mass is 9.86. The molecule has 1 nitrogen and oxygen atoms in total. The van der Waals surface area contributed by atoms with Gasteiger partial charge in [0.1, 0.15) is 0 Å². The number of fused-ring (bicyclic) bond motifs is 2. The first-order valence-corrected chi connectivity index (χ1v) is 14.7. The van der Waals surface area contributed by atoms with Gasteiger partial charge in [-0.25, -0.2) is 4.98 Å². The first-order chi connectivity index (χ1) is 17.8. The molecular weight excluding hydrogens is 434 g/mol. The Kier molecular flexibility index (Phi) is 10.4. The van der Waals surface area contributed by atoms with Gasteiger partial charge >= 0.3 is 0 Å². The van der Waals surface area contributed by atoms with E-state index in [9.17, 15) is 0 Å². The number of rotatable bonds is 15. The van der Waals surface area contributed by atoms with Gasteiger partial charge in [-0.15, -0.1) is 0 Å². The minimum Gasteiger partial charge on any atom is -0.248 e. The van der Waals surface area contributed by atoms with E-state index in [1.165, 1.54) is 117 Å². The van der Waals surface area contributed by atoms with Crippen LogP contribution in [0.3, 0.4) is 0 Å². The summed E-state index contributed by atoms with van der Waals surface area (Å²) in [5, 5.41) is 2.55. The van der Waals surface area contributed by atoms with Crippen LogP contribution in [-0.4, -0.2) is 4.98 Å². The summed E-state index contributed by atoms with van der Waals surface area (Å²) < 4.78 is 0. The third-order valence-corrected chi connectivity index (χ3v) is 7.67. The zero-order chi connectivity index (χ0) is 25.0. The summed E-state index contributed by atoms with van der Waals surface area (Å²) >= 11 is 0. The SMILES string of the molecule is CCCCCCCCc1cc2nc3ccccc3cc2c(-c2ccccc2)c1CCCCCCCC. The molecule has 4 rings (SSSR count). The molecule has 0 unspecified atom stereocenters. The molecule has 190 valence electrons. The van der Waals surface area contributed by atoms with E-state index in [0.717, 1.165) is 11.0 Å². The third kappa shape index (κ3) is 6.96. The Morgan fingerprint density at radius 2 is 1.17 bits per heavy atom. The number of para-hydroxylation sites is 1. The summed E-state index contributed by atoms with van der Waals surface area (Å²) in [6, 6.07) is 24.5.